The lowest BCUT2D eigenvalue weighted by atomic mass is 9.94. The summed E-state index contributed by atoms with van der Waals surface area (Å²) >= 11 is 0. The van der Waals surface area contributed by atoms with E-state index in [-0.39, 0.29) is 12.2 Å². The van der Waals surface area contributed by atoms with Crippen LogP contribution in [0.1, 0.15) is 31.4 Å². The molecule has 1 rings (SSSR count). The first-order valence-corrected chi connectivity index (χ1v) is 9.64. The van der Waals surface area contributed by atoms with Gasteiger partial charge in [0.25, 0.3) is 0 Å². The molecule has 4 nitrogen and oxygen atoms in total. The van der Waals surface area contributed by atoms with Crippen LogP contribution >= 0.6 is 0 Å². The zero-order chi connectivity index (χ0) is 18.0. The van der Waals surface area contributed by atoms with Crippen LogP contribution in [0, 0.1) is 0 Å². The minimum Gasteiger partial charge on any atom is -0.311 e. The average Bonchev–Trinajstić information content (AvgIpc) is 2.31. The second kappa shape index (κ2) is 6.51. The molecule has 8 heteroatoms. The fourth-order valence-corrected chi connectivity index (χ4v) is 3.07. The van der Waals surface area contributed by atoms with Crippen molar-refractivity contribution < 1.29 is 26.5 Å². The molecule has 0 amide bonds. The van der Waals surface area contributed by atoms with Crippen molar-refractivity contribution in [2.24, 2.45) is 0 Å². The molecule has 0 spiro atoms. The van der Waals surface area contributed by atoms with Crippen molar-refractivity contribution in [1.82, 2.24) is 5.32 Å². The van der Waals surface area contributed by atoms with Gasteiger partial charge in [-0.3, -0.25) is 0 Å². The van der Waals surface area contributed by atoms with Gasteiger partial charge in [0.05, 0.1) is 15.2 Å². The Balaban J connectivity index is 2.60. The van der Waals surface area contributed by atoms with E-state index in [4.69, 9.17) is 0 Å². The molecule has 0 saturated heterocycles. The number of halogens is 3. The summed E-state index contributed by atoms with van der Waals surface area (Å²) in [5.41, 5.74) is -0.612. The first-order valence-electron chi connectivity index (χ1n) is 7.18. The summed E-state index contributed by atoms with van der Waals surface area (Å²) in [5, 5.41) is 3.13. The van der Waals surface area contributed by atoms with Gasteiger partial charge in [-0.15, -0.1) is 0 Å². The van der Waals surface area contributed by atoms with Gasteiger partial charge >= 0.3 is 6.18 Å². The van der Waals surface area contributed by atoms with Crippen LogP contribution in [0.15, 0.2) is 24.3 Å². The van der Waals surface area contributed by atoms with Crippen LogP contribution in [0.4, 0.5) is 13.2 Å². The summed E-state index contributed by atoms with van der Waals surface area (Å²) in [4.78, 5) is 0. The van der Waals surface area contributed by atoms with E-state index < -0.39 is 26.9 Å². The van der Waals surface area contributed by atoms with Crippen molar-refractivity contribution in [1.29, 1.82) is 0 Å². The zero-order valence-electron chi connectivity index (χ0n) is 13.5. The zero-order valence-corrected chi connectivity index (χ0v) is 14.3. The van der Waals surface area contributed by atoms with Gasteiger partial charge in [0.15, 0.2) is 0 Å². The minimum absolute atomic E-state index is 0.246. The molecule has 3 N–H and O–H groups in total. The largest absolute Gasteiger partial charge is 0.416 e. The van der Waals surface area contributed by atoms with Crippen LogP contribution in [-0.2, 0) is 22.2 Å². The highest BCUT2D eigenvalue weighted by Crippen LogP contribution is 2.30. The van der Waals surface area contributed by atoms with Gasteiger partial charge in [0, 0.05) is 17.5 Å². The summed E-state index contributed by atoms with van der Waals surface area (Å²) in [6.45, 7) is 4.05. The minimum atomic E-state index is -4.49. The van der Waals surface area contributed by atoms with Crippen LogP contribution in [0.5, 0.6) is 0 Å². The van der Waals surface area contributed by atoms with Crippen LogP contribution in [-0.4, -0.2) is 37.4 Å². The van der Waals surface area contributed by atoms with Crippen molar-refractivity contribution in [2.45, 2.75) is 38.4 Å². The number of nitrogens with one attached hydrogen (secondary N) is 1. The lowest BCUT2D eigenvalue weighted by Crippen LogP contribution is -2.43. The predicted molar refractivity (Wildman–Crippen MR) is 86.0 cm³/mol. The second-order valence-electron chi connectivity index (χ2n) is 6.67. The molecule has 0 aliphatic heterocycles. The maximum atomic E-state index is 12.7. The first-order chi connectivity index (χ1) is 10.1. The summed E-state index contributed by atoms with van der Waals surface area (Å²) in [6, 6.07) is 5.17. The molecule has 1 aromatic carbocycles. The van der Waals surface area contributed by atoms with Crippen molar-refractivity contribution in [3.63, 3.8) is 0 Å². The molecule has 0 fully saturated rings. The lowest BCUT2D eigenvalue weighted by molar-refractivity contribution is -0.137. The van der Waals surface area contributed by atoms with Crippen LogP contribution < -0.4 is 5.32 Å². The molecule has 0 aromatic heterocycles. The van der Waals surface area contributed by atoms with E-state index in [9.17, 15) is 26.5 Å². The van der Waals surface area contributed by atoms with E-state index in [2.05, 4.69) is 5.32 Å². The van der Waals surface area contributed by atoms with Crippen molar-refractivity contribution in [3.05, 3.63) is 35.4 Å². The summed E-state index contributed by atoms with van der Waals surface area (Å²) in [6.07, 6.45) is -2.82. The monoisotopic (exact) mass is 355 g/mol. The predicted octanol–water partition coefficient (Wildman–Crippen LogP) is 3.40. The fourth-order valence-electron chi connectivity index (χ4n) is 2.26. The van der Waals surface area contributed by atoms with E-state index in [0.717, 1.165) is 18.4 Å². The maximum Gasteiger partial charge on any atom is 0.416 e. The van der Waals surface area contributed by atoms with E-state index >= 15 is 0 Å². The normalized spacial score (nSPS) is 15.2. The third-order valence-corrected chi connectivity index (χ3v) is 4.52. The molecule has 0 radical (unpaired) electrons. The topological polar surface area (TPSA) is 69.6 Å². The van der Waals surface area contributed by atoms with Crippen molar-refractivity contribution in [3.8, 4) is 0 Å². The highest BCUT2D eigenvalue weighted by atomic mass is 32.3. The Kier molecular flexibility index (Phi) is 5.68. The van der Waals surface area contributed by atoms with Crippen LogP contribution in [0.3, 0.4) is 0 Å². The van der Waals surface area contributed by atoms with Gasteiger partial charge in [-0.05, 0) is 44.9 Å². The SMILES string of the molecule is CC(C)(Cc1cccc(C(F)(F)F)c1)NCCCS(C)(=O)(O)O. The molecule has 1 aromatic rings. The molecule has 0 aliphatic rings. The van der Waals surface area contributed by atoms with E-state index in [1.807, 2.05) is 13.8 Å². The summed E-state index contributed by atoms with van der Waals surface area (Å²) < 4.78 is 67.9. The van der Waals surface area contributed by atoms with Gasteiger partial charge in [-0.25, -0.2) is 4.21 Å². The Morgan fingerprint density at radius 3 is 2.35 bits per heavy atom. The van der Waals surface area contributed by atoms with Gasteiger partial charge in [-0.2, -0.15) is 13.2 Å². The molecule has 0 heterocycles. The van der Waals surface area contributed by atoms with Gasteiger partial charge in [0.1, 0.15) is 0 Å². The highest BCUT2D eigenvalue weighted by molar-refractivity contribution is 8.09. The summed E-state index contributed by atoms with van der Waals surface area (Å²) in [7, 11) is -4.49. The molecule has 0 saturated carbocycles. The molecule has 0 bridgehead atoms. The standard InChI is InChI=1S/C15H24F3NO3S/c1-14(2,19-8-5-9-23(3,20,21)22)11-12-6-4-7-13(10-12)15(16,17)18/h4,6-7,10,19H,5,8-9,11H2,1-3H3,(H2,20,21,22). The third kappa shape index (κ3) is 8.45. The smallest absolute Gasteiger partial charge is 0.311 e. The molecule has 134 valence electrons. The molecule has 0 atom stereocenters. The van der Waals surface area contributed by atoms with E-state index in [1.165, 1.54) is 6.07 Å². The number of rotatable bonds is 7. The van der Waals surface area contributed by atoms with Gasteiger partial charge in [0.2, 0.25) is 0 Å². The molecule has 0 unspecified atom stereocenters. The number of hydrogen-bond donors (Lipinski definition) is 3. The Hall–Kier alpha value is -0.960. The third-order valence-electron chi connectivity index (χ3n) is 3.30. The molecule has 0 aliphatic carbocycles. The Morgan fingerprint density at radius 1 is 1.22 bits per heavy atom. The second-order valence-corrected chi connectivity index (χ2v) is 9.93. The highest BCUT2D eigenvalue weighted by Gasteiger charge is 2.31. The molecule has 23 heavy (non-hydrogen) atoms. The maximum absolute atomic E-state index is 12.7. The van der Waals surface area contributed by atoms with Crippen molar-refractivity contribution in [2.75, 3.05) is 18.6 Å². The molecular weight excluding hydrogens is 331 g/mol. The number of benzene rings is 1. The number of alkyl halides is 3. The lowest BCUT2D eigenvalue weighted by Gasteiger charge is -2.29. The Labute approximate surface area is 134 Å². The van der Waals surface area contributed by atoms with Crippen LogP contribution in [0.2, 0.25) is 0 Å². The van der Waals surface area contributed by atoms with E-state index in [1.54, 1.807) is 6.07 Å². The van der Waals surface area contributed by atoms with Gasteiger partial charge < -0.3 is 14.4 Å². The van der Waals surface area contributed by atoms with E-state index in [0.29, 0.717) is 18.5 Å². The molecular formula is C15H24F3NO3S. The summed E-state index contributed by atoms with van der Waals surface area (Å²) in [5.74, 6) is -0.246. The first kappa shape index (κ1) is 20.1. The van der Waals surface area contributed by atoms with Crippen molar-refractivity contribution >= 4 is 9.63 Å². The van der Waals surface area contributed by atoms with Crippen LogP contribution in [0.25, 0.3) is 0 Å². The van der Waals surface area contributed by atoms with Gasteiger partial charge in [-0.1, -0.05) is 18.2 Å². The average molecular weight is 355 g/mol. The number of hydrogen-bond acceptors (Lipinski definition) is 2. The Bertz CT molecular complexity index is 597. The quantitative estimate of drug-likeness (QED) is 0.656. The Morgan fingerprint density at radius 2 is 1.83 bits per heavy atom. The fraction of sp³-hybridized carbons (Fsp3) is 0.600.